The van der Waals surface area contributed by atoms with Crippen LogP contribution in [0.5, 0.6) is 0 Å². The molecule has 0 bridgehead atoms. The van der Waals surface area contributed by atoms with E-state index in [0.29, 0.717) is 5.02 Å². The van der Waals surface area contributed by atoms with Gasteiger partial charge < -0.3 is 0 Å². The molecule has 0 aliphatic carbocycles. The zero-order valence-electron chi connectivity index (χ0n) is 6.07. The first kappa shape index (κ1) is 9.38. The van der Waals surface area contributed by atoms with Crippen LogP contribution in [0, 0.1) is 17.7 Å². The minimum Gasteiger partial charge on any atom is -0.206 e. The molecule has 0 saturated carbocycles. The molecule has 1 rings (SSSR count). The molecule has 0 spiro atoms. The van der Waals surface area contributed by atoms with Gasteiger partial charge in [0.05, 0.1) is 16.5 Å². The molecule has 0 aromatic heterocycles. The van der Waals surface area contributed by atoms with E-state index < -0.39 is 5.82 Å². The van der Waals surface area contributed by atoms with Crippen LogP contribution in [-0.4, -0.2) is 5.88 Å². The van der Waals surface area contributed by atoms with E-state index in [1.165, 1.54) is 12.1 Å². The van der Waals surface area contributed by atoms with Gasteiger partial charge in [0.25, 0.3) is 0 Å². The topological polar surface area (TPSA) is 0 Å². The van der Waals surface area contributed by atoms with Crippen molar-refractivity contribution in [2.24, 2.45) is 0 Å². The second-order valence-electron chi connectivity index (χ2n) is 2.03. The molecule has 12 heavy (non-hydrogen) atoms. The Labute approximate surface area is 80.3 Å². The molecule has 0 heterocycles. The van der Waals surface area contributed by atoms with Gasteiger partial charge >= 0.3 is 0 Å². The van der Waals surface area contributed by atoms with E-state index in [-0.39, 0.29) is 11.4 Å². The molecule has 0 amide bonds. The summed E-state index contributed by atoms with van der Waals surface area (Å²) < 4.78 is 12.9. The standard InChI is InChI=1S/C9H5Cl2F/c10-6-2-3-7-8(11)4-1-5-9(7)12/h1,4-5H,6H2. The Bertz CT molecular complexity index is 316. The molecular formula is C9H5Cl2F. The van der Waals surface area contributed by atoms with Gasteiger partial charge in [-0.3, -0.25) is 0 Å². The fourth-order valence-electron chi connectivity index (χ4n) is 0.739. The van der Waals surface area contributed by atoms with Crippen LogP contribution in [0.1, 0.15) is 5.56 Å². The Morgan fingerprint density at radius 2 is 2.17 bits per heavy atom. The van der Waals surface area contributed by atoms with Gasteiger partial charge in [0, 0.05) is 0 Å². The zero-order chi connectivity index (χ0) is 8.97. The van der Waals surface area contributed by atoms with Crippen molar-refractivity contribution in [3.8, 4) is 11.8 Å². The molecule has 1 aromatic carbocycles. The van der Waals surface area contributed by atoms with E-state index in [1.54, 1.807) is 6.07 Å². The number of hydrogen-bond acceptors (Lipinski definition) is 0. The molecule has 0 unspecified atom stereocenters. The predicted molar refractivity (Wildman–Crippen MR) is 49.0 cm³/mol. The van der Waals surface area contributed by atoms with Gasteiger partial charge in [0.1, 0.15) is 5.82 Å². The molecule has 0 aliphatic rings. The molecule has 0 radical (unpaired) electrons. The maximum absolute atomic E-state index is 12.9. The summed E-state index contributed by atoms with van der Waals surface area (Å²) in [6, 6.07) is 4.43. The van der Waals surface area contributed by atoms with Crippen molar-refractivity contribution < 1.29 is 4.39 Å². The largest absolute Gasteiger partial charge is 0.206 e. The summed E-state index contributed by atoms with van der Waals surface area (Å²) in [6.45, 7) is 0. The van der Waals surface area contributed by atoms with Gasteiger partial charge in [-0.1, -0.05) is 29.5 Å². The van der Waals surface area contributed by atoms with Gasteiger partial charge in [-0.25, -0.2) is 4.39 Å². The number of alkyl halides is 1. The lowest BCUT2D eigenvalue weighted by Gasteiger charge is -1.95. The summed E-state index contributed by atoms with van der Waals surface area (Å²) in [5.41, 5.74) is 0.208. The molecule has 0 N–H and O–H groups in total. The lowest BCUT2D eigenvalue weighted by molar-refractivity contribution is 0.624. The van der Waals surface area contributed by atoms with Gasteiger partial charge in [0.2, 0.25) is 0 Å². The van der Waals surface area contributed by atoms with Crippen LogP contribution in [0.4, 0.5) is 4.39 Å². The monoisotopic (exact) mass is 202 g/mol. The Balaban J connectivity index is 3.13. The van der Waals surface area contributed by atoms with Crippen molar-refractivity contribution in [3.63, 3.8) is 0 Å². The maximum Gasteiger partial charge on any atom is 0.140 e. The van der Waals surface area contributed by atoms with Crippen molar-refractivity contribution in [1.82, 2.24) is 0 Å². The SMILES string of the molecule is Fc1cccc(Cl)c1C#CCCl. The van der Waals surface area contributed by atoms with Crippen LogP contribution in [-0.2, 0) is 0 Å². The summed E-state index contributed by atoms with van der Waals surface area (Å²) in [7, 11) is 0. The van der Waals surface area contributed by atoms with Crippen molar-refractivity contribution in [2.45, 2.75) is 0 Å². The Kier molecular flexibility index (Phi) is 3.40. The highest BCUT2D eigenvalue weighted by atomic mass is 35.5. The minimum atomic E-state index is -0.417. The fraction of sp³-hybridized carbons (Fsp3) is 0.111. The summed E-state index contributed by atoms with van der Waals surface area (Å²) in [5.74, 6) is 4.83. The van der Waals surface area contributed by atoms with Crippen LogP contribution >= 0.6 is 23.2 Å². The van der Waals surface area contributed by atoms with Crippen LogP contribution in [0.25, 0.3) is 0 Å². The first-order chi connectivity index (χ1) is 5.75. The van der Waals surface area contributed by atoms with Crippen LogP contribution < -0.4 is 0 Å². The second-order valence-corrected chi connectivity index (χ2v) is 2.71. The van der Waals surface area contributed by atoms with E-state index in [4.69, 9.17) is 23.2 Å². The normalized spacial score (nSPS) is 8.92. The highest BCUT2D eigenvalue weighted by Gasteiger charge is 2.01. The summed E-state index contributed by atoms with van der Waals surface area (Å²) in [5, 5.41) is 0.313. The van der Waals surface area contributed by atoms with Crippen molar-refractivity contribution >= 4 is 23.2 Å². The molecule has 3 heteroatoms. The molecule has 0 nitrogen and oxygen atoms in total. The van der Waals surface area contributed by atoms with E-state index >= 15 is 0 Å². The maximum atomic E-state index is 12.9. The van der Waals surface area contributed by atoms with Crippen LogP contribution in [0.3, 0.4) is 0 Å². The van der Waals surface area contributed by atoms with Crippen molar-refractivity contribution in [3.05, 3.63) is 34.6 Å². The molecular weight excluding hydrogens is 198 g/mol. The molecule has 1 aromatic rings. The van der Waals surface area contributed by atoms with Gasteiger partial charge in [-0.15, -0.1) is 11.6 Å². The third-order valence-electron chi connectivity index (χ3n) is 1.24. The van der Waals surface area contributed by atoms with E-state index in [9.17, 15) is 4.39 Å². The average molecular weight is 203 g/mol. The lowest BCUT2D eigenvalue weighted by Crippen LogP contribution is -1.83. The lowest BCUT2D eigenvalue weighted by atomic mass is 10.2. The van der Waals surface area contributed by atoms with Crippen molar-refractivity contribution in [1.29, 1.82) is 0 Å². The third kappa shape index (κ3) is 2.14. The minimum absolute atomic E-state index is 0.171. The Hall–Kier alpha value is -0.710. The average Bonchev–Trinajstić information content (AvgIpc) is 2.04. The number of rotatable bonds is 0. The second kappa shape index (κ2) is 4.35. The first-order valence-corrected chi connectivity index (χ1v) is 4.16. The molecule has 62 valence electrons. The van der Waals surface area contributed by atoms with Crippen LogP contribution in [0.2, 0.25) is 5.02 Å². The Morgan fingerprint density at radius 3 is 2.75 bits per heavy atom. The van der Waals surface area contributed by atoms with Crippen LogP contribution in [0.15, 0.2) is 18.2 Å². The van der Waals surface area contributed by atoms with Crippen molar-refractivity contribution in [2.75, 3.05) is 5.88 Å². The zero-order valence-corrected chi connectivity index (χ0v) is 7.58. The summed E-state index contributed by atoms with van der Waals surface area (Å²) in [4.78, 5) is 0. The summed E-state index contributed by atoms with van der Waals surface area (Å²) in [6.07, 6.45) is 0. The third-order valence-corrected chi connectivity index (χ3v) is 1.69. The van der Waals surface area contributed by atoms with E-state index in [2.05, 4.69) is 11.8 Å². The van der Waals surface area contributed by atoms with E-state index in [1.807, 2.05) is 0 Å². The molecule has 0 saturated heterocycles. The Morgan fingerprint density at radius 1 is 1.42 bits per heavy atom. The fourth-order valence-corrected chi connectivity index (χ4v) is 1.02. The highest BCUT2D eigenvalue weighted by molar-refractivity contribution is 6.31. The quantitative estimate of drug-likeness (QED) is 0.449. The molecule has 0 aliphatic heterocycles. The highest BCUT2D eigenvalue weighted by Crippen LogP contribution is 2.17. The molecule has 0 atom stereocenters. The molecule has 0 fully saturated rings. The van der Waals surface area contributed by atoms with Gasteiger partial charge in [0.15, 0.2) is 0 Å². The van der Waals surface area contributed by atoms with Gasteiger partial charge in [-0.05, 0) is 12.1 Å². The first-order valence-electron chi connectivity index (χ1n) is 3.24. The summed E-state index contributed by atoms with van der Waals surface area (Å²) >= 11 is 11.0. The van der Waals surface area contributed by atoms with E-state index in [0.717, 1.165) is 0 Å². The number of benzene rings is 1. The van der Waals surface area contributed by atoms with Gasteiger partial charge in [-0.2, -0.15) is 0 Å². The smallest absolute Gasteiger partial charge is 0.140 e. The number of halogens is 3. The number of hydrogen-bond donors (Lipinski definition) is 0. The predicted octanol–water partition coefficient (Wildman–Crippen LogP) is 3.07.